The van der Waals surface area contributed by atoms with Gasteiger partial charge in [-0.25, -0.2) is 31.8 Å². The molecule has 8 N–H and O–H groups in total. The van der Waals surface area contributed by atoms with E-state index in [4.69, 9.17) is 0 Å². The summed E-state index contributed by atoms with van der Waals surface area (Å²) in [5, 5.41) is 55.1. The second kappa shape index (κ2) is 14.0. The van der Waals surface area contributed by atoms with E-state index in [0.29, 0.717) is 44.3 Å². The second-order valence-electron chi connectivity index (χ2n) is 12.2. The molecule has 0 bridgehead atoms. The number of H-pyrrole nitrogens is 2. The van der Waals surface area contributed by atoms with Gasteiger partial charge in [0.1, 0.15) is 11.5 Å². The van der Waals surface area contributed by atoms with Crippen molar-refractivity contribution in [1.29, 1.82) is 0 Å². The third-order valence-corrected chi connectivity index (χ3v) is 11.1. The quantitative estimate of drug-likeness (QED) is 0.0905. The first-order valence-electron chi connectivity index (χ1n) is 16.3. The van der Waals surface area contributed by atoms with Crippen LogP contribution in [0.15, 0.2) is 119 Å². The summed E-state index contributed by atoms with van der Waals surface area (Å²) in [4.78, 5) is 12.6. The summed E-state index contributed by atoms with van der Waals surface area (Å²) >= 11 is 0. The van der Waals surface area contributed by atoms with E-state index < -0.39 is 26.1 Å². The molecule has 0 aliphatic carbocycles. The van der Waals surface area contributed by atoms with Crippen molar-refractivity contribution < 1.29 is 31.8 Å². The number of tetrazole rings is 2. The van der Waals surface area contributed by atoms with Crippen LogP contribution < -0.4 is 20.1 Å². The number of nitrogens with zero attached hydrogens (tertiary/aromatic N) is 6. The predicted molar refractivity (Wildman–Crippen MR) is 205 cm³/mol. The normalized spacial score (nSPS) is 11.7. The highest BCUT2D eigenvalue weighted by molar-refractivity contribution is 7.93. The Kier molecular flexibility index (Phi) is 8.82. The van der Waals surface area contributed by atoms with E-state index >= 15 is 0 Å². The number of phenolic OH excluding ortho intramolecular Hbond substituents is 2. The number of anilines is 4. The van der Waals surface area contributed by atoms with Crippen molar-refractivity contribution in [3.05, 3.63) is 109 Å². The summed E-state index contributed by atoms with van der Waals surface area (Å²) in [6.07, 6.45) is 0. The first kappa shape index (κ1) is 35.4. The minimum Gasteiger partial charge on any atom is -0.507 e. The Hall–Kier alpha value is -7.65. The molecule has 6 aromatic carbocycles. The molecule has 0 aliphatic heterocycles. The SMILES string of the molecule is O=C(Nc1ccc2c(O)cc(S(=O)(=O)Nc3cccc(-c4nnn[nH]4)c3)cc2c1)Nc1ccc2c(O)cc(S(=O)(=O)Nc3cccc(-c4nnn[nH]4)c3)cc2c1. The molecule has 2 heterocycles. The van der Waals surface area contributed by atoms with E-state index in [9.17, 15) is 31.8 Å². The highest BCUT2D eigenvalue weighted by atomic mass is 32.2. The number of aromatic amines is 2. The number of phenols is 2. The molecule has 0 unspecified atom stereocenters. The first-order valence-corrected chi connectivity index (χ1v) is 19.2. The number of benzene rings is 6. The largest absolute Gasteiger partial charge is 0.507 e. The number of hydrogen-bond acceptors (Lipinski definition) is 13. The van der Waals surface area contributed by atoms with Crippen molar-refractivity contribution in [3.63, 3.8) is 0 Å². The van der Waals surface area contributed by atoms with Crippen LogP contribution in [0.4, 0.5) is 27.5 Å². The molecule has 0 atom stereocenters. The highest BCUT2D eigenvalue weighted by Gasteiger charge is 2.20. The number of nitrogens with one attached hydrogen (secondary N) is 6. The summed E-state index contributed by atoms with van der Waals surface area (Å²) in [6.45, 7) is 0. The average Bonchev–Trinajstić information content (AvgIpc) is 3.91. The number of sulfonamides is 2. The third-order valence-electron chi connectivity index (χ3n) is 8.41. The molecule has 2 amide bonds. The van der Waals surface area contributed by atoms with Crippen LogP contribution in [0.5, 0.6) is 11.5 Å². The molecule has 0 saturated carbocycles. The number of hydrogen-bond donors (Lipinski definition) is 8. The van der Waals surface area contributed by atoms with Gasteiger partial charge in [0.25, 0.3) is 20.0 Å². The lowest BCUT2D eigenvalue weighted by atomic mass is 10.1. The van der Waals surface area contributed by atoms with Gasteiger partial charge in [0, 0.05) is 56.8 Å². The van der Waals surface area contributed by atoms with Gasteiger partial charge in [-0.3, -0.25) is 9.44 Å². The van der Waals surface area contributed by atoms with Crippen molar-refractivity contribution >= 4 is 70.4 Å². The molecule has 8 rings (SSSR count). The molecule has 280 valence electrons. The van der Waals surface area contributed by atoms with Crippen molar-refractivity contribution in [1.82, 2.24) is 41.2 Å². The number of aromatic nitrogens is 8. The summed E-state index contributed by atoms with van der Waals surface area (Å²) in [7, 11) is -8.38. The lowest BCUT2D eigenvalue weighted by molar-refractivity contribution is 0.262. The zero-order valence-corrected chi connectivity index (χ0v) is 30.0. The zero-order valence-electron chi connectivity index (χ0n) is 28.3. The standard InChI is InChI=1S/C35H26N12O7S2/c48-31-17-27(55(51,52)42-25-5-1-3-19(11-25)33-38-44-45-39-33)15-21-13-23(7-9-29(21)31)36-35(50)37-24-8-10-30-22(14-24)16-28(18-32(30)49)56(53,54)43-26-6-2-4-20(12-26)34-40-46-47-41-34/h1-18,42-43,48-49H,(H2,36,37,50)(H,38,39,44,45)(H,40,41,46,47). The Labute approximate surface area is 315 Å². The van der Waals surface area contributed by atoms with Crippen LogP contribution >= 0.6 is 0 Å². The summed E-state index contributed by atoms with van der Waals surface area (Å²) in [6, 6.07) is 26.2. The molecular weight excluding hydrogens is 765 g/mol. The van der Waals surface area contributed by atoms with E-state index in [1.807, 2.05) is 0 Å². The number of urea groups is 1. The van der Waals surface area contributed by atoms with Gasteiger partial charge in [-0.2, -0.15) is 0 Å². The number of carbonyl (C=O) groups is 1. The highest BCUT2D eigenvalue weighted by Crippen LogP contribution is 2.34. The number of carbonyl (C=O) groups excluding carboxylic acids is 1. The maximum Gasteiger partial charge on any atom is 0.323 e. The summed E-state index contributed by atoms with van der Waals surface area (Å²) in [5.74, 6) is 0.0873. The fourth-order valence-electron chi connectivity index (χ4n) is 5.86. The molecule has 8 aromatic rings. The molecular formula is C35H26N12O7S2. The fourth-order valence-corrected chi connectivity index (χ4v) is 8.06. The topological polar surface area (TPSA) is 283 Å². The number of amides is 2. The van der Waals surface area contributed by atoms with Crippen LogP contribution in [0.1, 0.15) is 0 Å². The zero-order chi connectivity index (χ0) is 39.0. The molecule has 21 heteroatoms. The van der Waals surface area contributed by atoms with Gasteiger partial charge in [-0.15, -0.1) is 10.2 Å². The van der Waals surface area contributed by atoms with Gasteiger partial charge in [0.2, 0.25) is 0 Å². The van der Waals surface area contributed by atoms with Crippen molar-refractivity contribution in [2.24, 2.45) is 0 Å². The van der Waals surface area contributed by atoms with E-state index in [1.54, 1.807) is 48.5 Å². The van der Waals surface area contributed by atoms with E-state index in [1.165, 1.54) is 48.5 Å². The molecule has 0 saturated heterocycles. The van der Waals surface area contributed by atoms with Crippen molar-refractivity contribution in [2.75, 3.05) is 20.1 Å². The summed E-state index contributed by atoms with van der Waals surface area (Å²) < 4.78 is 58.5. The van der Waals surface area contributed by atoms with Crippen LogP contribution in [-0.2, 0) is 20.0 Å². The predicted octanol–water partition coefficient (Wildman–Crippen LogP) is 5.01. The maximum absolute atomic E-state index is 13.4. The van der Waals surface area contributed by atoms with Crippen LogP contribution in [0.2, 0.25) is 0 Å². The number of rotatable bonds is 10. The Morgan fingerprint density at radius 2 is 0.982 bits per heavy atom. The van der Waals surface area contributed by atoms with E-state index in [2.05, 4.69) is 61.3 Å². The van der Waals surface area contributed by atoms with Crippen LogP contribution in [0.3, 0.4) is 0 Å². The van der Waals surface area contributed by atoms with E-state index in [0.717, 1.165) is 12.1 Å². The van der Waals surface area contributed by atoms with Gasteiger partial charge in [-0.05, 0) is 104 Å². The average molecular weight is 791 g/mol. The van der Waals surface area contributed by atoms with Gasteiger partial charge < -0.3 is 20.8 Å². The lowest BCUT2D eigenvalue weighted by Crippen LogP contribution is -2.19. The van der Waals surface area contributed by atoms with Crippen LogP contribution in [0.25, 0.3) is 44.3 Å². The van der Waals surface area contributed by atoms with Gasteiger partial charge in [-0.1, -0.05) is 24.3 Å². The second-order valence-corrected chi connectivity index (χ2v) is 15.6. The van der Waals surface area contributed by atoms with Crippen molar-refractivity contribution in [3.8, 4) is 34.3 Å². The minimum atomic E-state index is -4.19. The first-order chi connectivity index (χ1) is 26.9. The molecule has 0 radical (unpaired) electrons. The minimum absolute atomic E-state index is 0.229. The molecule has 0 fully saturated rings. The molecule has 56 heavy (non-hydrogen) atoms. The molecule has 2 aromatic heterocycles. The Morgan fingerprint density at radius 3 is 1.39 bits per heavy atom. The van der Waals surface area contributed by atoms with Crippen LogP contribution in [0, 0.1) is 0 Å². The fraction of sp³-hybridized carbons (Fsp3) is 0. The number of fused-ring (bicyclic) bond motifs is 2. The Balaban J connectivity index is 0.989. The molecule has 0 aliphatic rings. The van der Waals surface area contributed by atoms with Gasteiger partial charge in [0.05, 0.1) is 9.79 Å². The van der Waals surface area contributed by atoms with Gasteiger partial charge in [0.15, 0.2) is 11.6 Å². The number of aromatic hydroxyl groups is 2. The Bertz CT molecular complexity index is 2810. The maximum atomic E-state index is 13.4. The Morgan fingerprint density at radius 1 is 0.536 bits per heavy atom. The van der Waals surface area contributed by atoms with Crippen LogP contribution in [-0.4, -0.2) is 74.3 Å². The molecule has 19 nitrogen and oxygen atoms in total. The molecule has 0 spiro atoms. The lowest BCUT2D eigenvalue weighted by Gasteiger charge is -2.13. The van der Waals surface area contributed by atoms with Gasteiger partial charge >= 0.3 is 6.03 Å². The van der Waals surface area contributed by atoms with E-state index in [-0.39, 0.29) is 44.0 Å². The summed E-state index contributed by atoms with van der Waals surface area (Å²) in [5.41, 5.74) is 2.08. The third kappa shape index (κ3) is 7.29. The smallest absolute Gasteiger partial charge is 0.323 e. The van der Waals surface area contributed by atoms with Crippen molar-refractivity contribution in [2.45, 2.75) is 9.79 Å². The monoisotopic (exact) mass is 790 g/mol.